The fourth-order valence-corrected chi connectivity index (χ4v) is 2.06. The molecule has 2 N–H and O–H groups in total. The third kappa shape index (κ3) is 3.34. The quantitative estimate of drug-likeness (QED) is 0.507. The Morgan fingerprint density at radius 3 is 2.24 bits per heavy atom. The standard InChI is InChI=1S/C15H24BNO4/c1-14(2)15(3,4)21-16(20-14)11-6-7-13(12(17)10-11)19-9-8-18-5/h6-7,10H,8-9,17H2,1-5H3. The van der Waals surface area contributed by atoms with Gasteiger partial charge in [-0.15, -0.1) is 0 Å². The topological polar surface area (TPSA) is 62.9 Å². The van der Waals surface area contributed by atoms with Gasteiger partial charge in [0.15, 0.2) is 0 Å². The molecule has 0 aliphatic carbocycles. The first-order chi connectivity index (χ1) is 9.77. The van der Waals surface area contributed by atoms with Crippen LogP contribution < -0.4 is 15.9 Å². The second kappa shape index (κ2) is 5.87. The van der Waals surface area contributed by atoms with Crippen molar-refractivity contribution in [2.75, 3.05) is 26.1 Å². The summed E-state index contributed by atoms with van der Waals surface area (Å²) in [6, 6.07) is 5.59. The zero-order valence-corrected chi connectivity index (χ0v) is 13.4. The van der Waals surface area contributed by atoms with E-state index in [1.807, 2.05) is 45.9 Å². The van der Waals surface area contributed by atoms with Crippen LogP contribution >= 0.6 is 0 Å². The van der Waals surface area contributed by atoms with Crippen LogP contribution in [-0.2, 0) is 14.0 Å². The van der Waals surface area contributed by atoms with Crippen LogP contribution in [0.3, 0.4) is 0 Å². The molecule has 0 saturated carbocycles. The van der Waals surface area contributed by atoms with E-state index < -0.39 is 7.12 Å². The maximum Gasteiger partial charge on any atom is 0.494 e. The summed E-state index contributed by atoms with van der Waals surface area (Å²) in [5.41, 5.74) is 6.77. The number of nitrogens with two attached hydrogens (primary N) is 1. The highest BCUT2D eigenvalue weighted by atomic mass is 16.7. The van der Waals surface area contributed by atoms with Crippen molar-refractivity contribution in [1.29, 1.82) is 0 Å². The summed E-state index contributed by atoms with van der Waals surface area (Å²) in [5, 5.41) is 0. The van der Waals surface area contributed by atoms with Crippen LogP contribution in [0.2, 0.25) is 0 Å². The number of nitrogen functional groups attached to an aromatic ring is 1. The molecule has 1 aromatic carbocycles. The number of rotatable bonds is 5. The first kappa shape index (κ1) is 16.1. The van der Waals surface area contributed by atoms with Gasteiger partial charge in [-0.1, -0.05) is 6.07 Å². The van der Waals surface area contributed by atoms with Gasteiger partial charge < -0.3 is 24.5 Å². The Kier molecular flexibility index (Phi) is 4.51. The molecule has 0 spiro atoms. The molecule has 1 saturated heterocycles. The van der Waals surface area contributed by atoms with Crippen LogP contribution in [0.25, 0.3) is 0 Å². The lowest BCUT2D eigenvalue weighted by atomic mass is 9.79. The molecule has 6 heteroatoms. The highest BCUT2D eigenvalue weighted by molar-refractivity contribution is 6.62. The van der Waals surface area contributed by atoms with Gasteiger partial charge in [0, 0.05) is 7.11 Å². The van der Waals surface area contributed by atoms with E-state index in [0.29, 0.717) is 24.7 Å². The highest BCUT2D eigenvalue weighted by Crippen LogP contribution is 2.36. The number of methoxy groups -OCH3 is 1. The molecule has 0 unspecified atom stereocenters. The van der Waals surface area contributed by atoms with Crippen molar-refractivity contribution in [3.8, 4) is 5.75 Å². The lowest BCUT2D eigenvalue weighted by Gasteiger charge is -2.32. The Hall–Kier alpha value is -1.24. The van der Waals surface area contributed by atoms with Crippen molar-refractivity contribution < 1.29 is 18.8 Å². The van der Waals surface area contributed by atoms with Crippen LogP contribution in [0.15, 0.2) is 18.2 Å². The molecule has 1 aliphatic rings. The summed E-state index contributed by atoms with van der Waals surface area (Å²) in [4.78, 5) is 0. The molecular formula is C15H24BNO4. The summed E-state index contributed by atoms with van der Waals surface area (Å²) in [5.74, 6) is 0.646. The molecule has 5 nitrogen and oxygen atoms in total. The fourth-order valence-electron chi connectivity index (χ4n) is 2.06. The monoisotopic (exact) mass is 293 g/mol. The summed E-state index contributed by atoms with van der Waals surface area (Å²) >= 11 is 0. The summed E-state index contributed by atoms with van der Waals surface area (Å²) in [6.45, 7) is 9.10. The predicted molar refractivity (Wildman–Crippen MR) is 83.9 cm³/mol. The van der Waals surface area contributed by atoms with Crippen molar-refractivity contribution in [2.24, 2.45) is 0 Å². The Morgan fingerprint density at radius 1 is 1.10 bits per heavy atom. The molecule has 1 fully saturated rings. The van der Waals surface area contributed by atoms with Gasteiger partial charge in [0.1, 0.15) is 12.4 Å². The highest BCUT2D eigenvalue weighted by Gasteiger charge is 2.51. The van der Waals surface area contributed by atoms with Gasteiger partial charge in [0.25, 0.3) is 0 Å². The molecule has 1 heterocycles. The van der Waals surface area contributed by atoms with Crippen molar-refractivity contribution >= 4 is 18.3 Å². The van der Waals surface area contributed by atoms with E-state index in [-0.39, 0.29) is 11.2 Å². The zero-order chi connectivity index (χ0) is 15.7. The average Bonchev–Trinajstić information content (AvgIpc) is 2.60. The number of anilines is 1. The molecule has 1 aliphatic heterocycles. The lowest BCUT2D eigenvalue weighted by Crippen LogP contribution is -2.41. The molecule has 0 aromatic heterocycles. The Bertz CT molecular complexity index is 488. The van der Waals surface area contributed by atoms with Crippen molar-refractivity contribution in [3.63, 3.8) is 0 Å². The number of hydrogen-bond acceptors (Lipinski definition) is 5. The van der Waals surface area contributed by atoms with Crippen LogP contribution in [0.5, 0.6) is 5.75 Å². The normalized spacial score (nSPS) is 19.8. The summed E-state index contributed by atoms with van der Waals surface area (Å²) in [7, 11) is 1.22. The molecule has 116 valence electrons. The van der Waals surface area contributed by atoms with E-state index >= 15 is 0 Å². The average molecular weight is 293 g/mol. The van der Waals surface area contributed by atoms with Gasteiger partial charge in [-0.05, 0) is 45.3 Å². The number of benzene rings is 1. The van der Waals surface area contributed by atoms with Gasteiger partial charge in [-0.25, -0.2) is 0 Å². The van der Waals surface area contributed by atoms with Crippen molar-refractivity contribution in [3.05, 3.63) is 18.2 Å². The van der Waals surface area contributed by atoms with Crippen LogP contribution in [0, 0.1) is 0 Å². The first-order valence-electron chi connectivity index (χ1n) is 7.13. The van der Waals surface area contributed by atoms with E-state index in [0.717, 1.165) is 5.46 Å². The van der Waals surface area contributed by atoms with Gasteiger partial charge >= 0.3 is 7.12 Å². The van der Waals surface area contributed by atoms with Gasteiger partial charge in [-0.3, -0.25) is 0 Å². The fraction of sp³-hybridized carbons (Fsp3) is 0.600. The summed E-state index contributed by atoms with van der Waals surface area (Å²) in [6.07, 6.45) is 0. The smallest absolute Gasteiger partial charge is 0.489 e. The predicted octanol–water partition coefficient (Wildman–Crippen LogP) is 1.59. The minimum Gasteiger partial charge on any atom is -0.489 e. The second-order valence-corrected chi connectivity index (χ2v) is 6.23. The minimum absolute atomic E-state index is 0.361. The van der Waals surface area contributed by atoms with E-state index in [1.54, 1.807) is 7.11 Å². The largest absolute Gasteiger partial charge is 0.494 e. The molecule has 2 rings (SSSR count). The van der Waals surface area contributed by atoms with Crippen molar-refractivity contribution in [2.45, 2.75) is 38.9 Å². The van der Waals surface area contributed by atoms with Gasteiger partial charge in [0.05, 0.1) is 23.5 Å². The second-order valence-electron chi connectivity index (χ2n) is 6.23. The Morgan fingerprint density at radius 2 is 1.71 bits per heavy atom. The van der Waals surface area contributed by atoms with Gasteiger partial charge in [0.2, 0.25) is 0 Å². The number of hydrogen-bond donors (Lipinski definition) is 1. The molecular weight excluding hydrogens is 269 g/mol. The van der Waals surface area contributed by atoms with Crippen molar-refractivity contribution in [1.82, 2.24) is 0 Å². The first-order valence-corrected chi connectivity index (χ1v) is 7.13. The third-order valence-corrected chi connectivity index (χ3v) is 4.10. The maximum absolute atomic E-state index is 6.03. The SMILES string of the molecule is COCCOc1ccc(B2OC(C)(C)C(C)(C)O2)cc1N. The molecule has 21 heavy (non-hydrogen) atoms. The van der Waals surface area contributed by atoms with Gasteiger partial charge in [-0.2, -0.15) is 0 Å². The molecule has 0 radical (unpaired) electrons. The molecule has 0 amide bonds. The molecule has 0 bridgehead atoms. The Labute approximate surface area is 126 Å². The Balaban J connectivity index is 2.11. The van der Waals surface area contributed by atoms with Crippen LogP contribution in [-0.4, -0.2) is 38.6 Å². The maximum atomic E-state index is 6.03. The summed E-state index contributed by atoms with van der Waals surface area (Å²) < 4.78 is 22.5. The van der Waals surface area contributed by atoms with E-state index in [4.69, 9.17) is 24.5 Å². The lowest BCUT2D eigenvalue weighted by molar-refractivity contribution is 0.00578. The van der Waals surface area contributed by atoms with E-state index in [2.05, 4.69) is 0 Å². The minimum atomic E-state index is -0.412. The third-order valence-electron chi connectivity index (χ3n) is 4.10. The van der Waals surface area contributed by atoms with E-state index in [9.17, 15) is 0 Å². The molecule has 1 aromatic rings. The van der Waals surface area contributed by atoms with E-state index in [1.165, 1.54) is 0 Å². The number of ether oxygens (including phenoxy) is 2. The molecule has 0 atom stereocenters. The van der Waals surface area contributed by atoms with Crippen LogP contribution in [0.4, 0.5) is 5.69 Å². The zero-order valence-electron chi connectivity index (χ0n) is 13.4. The van der Waals surface area contributed by atoms with Crippen LogP contribution in [0.1, 0.15) is 27.7 Å².